The van der Waals surface area contributed by atoms with Crippen LogP contribution in [0.3, 0.4) is 0 Å². The fraction of sp³-hybridized carbons (Fsp3) is 0.444. The summed E-state index contributed by atoms with van der Waals surface area (Å²) in [6.07, 6.45) is 3.74. The van der Waals surface area contributed by atoms with Gasteiger partial charge in [0.05, 0.1) is 4.90 Å². The van der Waals surface area contributed by atoms with Crippen molar-refractivity contribution in [3.8, 4) is 0 Å². The van der Waals surface area contributed by atoms with Crippen LogP contribution in [-0.4, -0.2) is 65.7 Å². The number of hydrogen-bond acceptors (Lipinski definition) is 5. The van der Waals surface area contributed by atoms with Crippen LogP contribution in [0.5, 0.6) is 0 Å². The molecule has 0 radical (unpaired) electrons. The number of rotatable bonds is 6. The molecule has 0 aliphatic carbocycles. The summed E-state index contributed by atoms with van der Waals surface area (Å²) in [5, 5.41) is 0. The molecule has 7 nitrogen and oxygen atoms in total. The maximum Gasteiger partial charge on any atom is 0.243 e. The molecule has 3 rings (SSSR count). The number of carbonyl (C=O) groups is 1. The van der Waals surface area contributed by atoms with Crippen molar-refractivity contribution in [1.29, 1.82) is 0 Å². The normalized spacial score (nSPS) is 16.7. The second kappa shape index (κ2) is 7.69. The first kappa shape index (κ1) is 18.8. The molecular formula is C18H24N4O3S. The number of piperazine rings is 1. The number of Topliss-reactive ketones (excluding diaryl/α,β-unsaturated/α-hetero) is 1. The van der Waals surface area contributed by atoms with Crippen LogP contribution < -0.4 is 0 Å². The Bertz CT molecular complexity index is 883. The highest BCUT2D eigenvalue weighted by molar-refractivity contribution is 7.89. The van der Waals surface area contributed by atoms with Crippen molar-refractivity contribution >= 4 is 15.8 Å². The van der Waals surface area contributed by atoms with Crippen LogP contribution in [0, 0.1) is 6.92 Å². The van der Waals surface area contributed by atoms with E-state index in [4.69, 9.17) is 0 Å². The lowest BCUT2D eigenvalue weighted by Gasteiger charge is -2.34. The van der Waals surface area contributed by atoms with Gasteiger partial charge >= 0.3 is 0 Å². The zero-order chi connectivity index (χ0) is 18.7. The van der Waals surface area contributed by atoms with Gasteiger partial charge in [0.25, 0.3) is 0 Å². The third-order valence-electron chi connectivity index (χ3n) is 4.79. The first-order valence-electron chi connectivity index (χ1n) is 8.69. The van der Waals surface area contributed by atoms with Crippen molar-refractivity contribution in [2.75, 3.05) is 32.7 Å². The highest BCUT2D eigenvalue weighted by Crippen LogP contribution is 2.19. The molecule has 0 N–H and O–H groups in total. The van der Waals surface area contributed by atoms with Crippen molar-refractivity contribution in [2.45, 2.75) is 25.3 Å². The van der Waals surface area contributed by atoms with Gasteiger partial charge in [-0.2, -0.15) is 4.31 Å². The predicted octanol–water partition coefficient (Wildman–Crippen LogP) is 1.40. The summed E-state index contributed by atoms with van der Waals surface area (Å²) in [4.78, 5) is 18.2. The number of hydrogen-bond donors (Lipinski definition) is 0. The van der Waals surface area contributed by atoms with Crippen LogP contribution in [0.15, 0.2) is 41.6 Å². The van der Waals surface area contributed by atoms with Gasteiger partial charge in [-0.25, -0.2) is 13.4 Å². The molecule has 2 heterocycles. The Morgan fingerprint density at radius 3 is 2.50 bits per heavy atom. The number of aromatic nitrogens is 2. The van der Waals surface area contributed by atoms with Crippen LogP contribution in [0.2, 0.25) is 0 Å². The number of ketones is 1. The van der Waals surface area contributed by atoms with E-state index >= 15 is 0 Å². The van der Waals surface area contributed by atoms with Gasteiger partial charge in [0, 0.05) is 57.2 Å². The van der Waals surface area contributed by atoms with Crippen molar-refractivity contribution < 1.29 is 13.2 Å². The molecule has 1 aromatic heterocycles. The van der Waals surface area contributed by atoms with Crippen LogP contribution in [-0.2, 0) is 16.6 Å². The van der Waals surface area contributed by atoms with Crippen molar-refractivity contribution in [3.63, 3.8) is 0 Å². The van der Waals surface area contributed by atoms with E-state index in [1.54, 1.807) is 24.4 Å². The van der Waals surface area contributed by atoms with Gasteiger partial charge in [-0.1, -0.05) is 12.1 Å². The Balaban J connectivity index is 1.61. The van der Waals surface area contributed by atoms with E-state index in [1.165, 1.54) is 17.3 Å². The quantitative estimate of drug-likeness (QED) is 0.713. The lowest BCUT2D eigenvalue weighted by molar-refractivity contribution is 0.101. The molecule has 140 valence electrons. The monoisotopic (exact) mass is 376 g/mol. The van der Waals surface area contributed by atoms with E-state index in [9.17, 15) is 13.2 Å². The molecule has 0 spiro atoms. The second-order valence-electron chi connectivity index (χ2n) is 6.50. The third kappa shape index (κ3) is 4.03. The van der Waals surface area contributed by atoms with Crippen molar-refractivity contribution in [2.24, 2.45) is 0 Å². The molecule has 0 saturated carbocycles. The van der Waals surface area contributed by atoms with E-state index in [1.807, 2.05) is 13.1 Å². The third-order valence-corrected chi connectivity index (χ3v) is 6.69. The Morgan fingerprint density at radius 2 is 1.88 bits per heavy atom. The highest BCUT2D eigenvalue weighted by atomic mass is 32.2. The number of sulfonamides is 1. The van der Waals surface area contributed by atoms with Gasteiger partial charge in [-0.05, 0) is 26.0 Å². The lowest BCUT2D eigenvalue weighted by atomic mass is 10.2. The summed E-state index contributed by atoms with van der Waals surface area (Å²) in [5.41, 5.74) is 0.417. The Morgan fingerprint density at radius 1 is 1.15 bits per heavy atom. The molecule has 0 atom stereocenters. The molecule has 0 amide bonds. The zero-order valence-corrected chi connectivity index (χ0v) is 15.9. The van der Waals surface area contributed by atoms with E-state index in [2.05, 4.69) is 14.5 Å². The lowest BCUT2D eigenvalue weighted by Crippen LogP contribution is -2.49. The van der Waals surface area contributed by atoms with Crippen LogP contribution in [0.1, 0.15) is 23.1 Å². The fourth-order valence-corrected chi connectivity index (χ4v) is 4.58. The second-order valence-corrected chi connectivity index (χ2v) is 8.44. The van der Waals surface area contributed by atoms with Gasteiger partial charge in [0.2, 0.25) is 10.0 Å². The van der Waals surface area contributed by atoms with E-state index in [0.29, 0.717) is 31.7 Å². The Kier molecular flexibility index (Phi) is 5.55. The number of imidazole rings is 1. The van der Waals surface area contributed by atoms with Crippen LogP contribution in [0.4, 0.5) is 0 Å². The summed E-state index contributed by atoms with van der Waals surface area (Å²) in [7, 11) is -3.57. The number of carbonyl (C=O) groups excluding carboxylic acids is 1. The summed E-state index contributed by atoms with van der Waals surface area (Å²) < 4.78 is 29.3. The SMILES string of the molecule is CC(=O)c1cccc(S(=O)(=O)N2CCN(CCn3ccnc3C)CC2)c1. The Labute approximate surface area is 154 Å². The molecule has 0 unspecified atom stereocenters. The minimum Gasteiger partial charge on any atom is -0.334 e. The molecule has 8 heteroatoms. The summed E-state index contributed by atoms with van der Waals surface area (Å²) in [6.45, 7) is 7.42. The van der Waals surface area contributed by atoms with E-state index < -0.39 is 10.0 Å². The maximum atomic E-state index is 12.8. The average molecular weight is 376 g/mol. The summed E-state index contributed by atoms with van der Waals surface area (Å²) in [6, 6.07) is 6.27. The highest BCUT2D eigenvalue weighted by Gasteiger charge is 2.28. The number of nitrogens with zero attached hydrogens (tertiary/aromatic N) is 4. The average Bonchev–Trinajstić information content (AvgIpc) is 3.05. The molecule has 1 aromatic carbocycles. The molecule has 26 heavy (non-hydrogen) atoms. The molecule has 1 fully saturated rings. The van der Waals surface area contributed by atoms with Crippen LogP contribution >= 0.6 is 0 Å². The van der Waals surface area contributed by atoms with Crippen molar-refractivity contribution in [3.05, 3.63) is 48.0 Å². The van der Waals surface area contributed by atoms with Gasteiger partial charge in [-0.3, -0.25) is 9.69 Å². The fourth-order valence-electron chi connectivity index (χ4n) is 3.11. The van der Waals surface area contributed by atoms with Crippen LogP contribution in [0.25, 0.3) is 0 Å². The molecule has 2 aromatic rings. The zero-order valence-electron chi connectivity index (χ0n) is 15.1. The van der Waals surface area contributed by atoms with Crippen molar-refractivity contribution in [1.82, 2.24) is 18.8 Å². The predicted molar refractivity (Wildman–Crippen MR) is 98.6 cm³/mol. The Hall–Kier alpha value is -2.03. The molecule has 0 bridgehead atoms. The van der Waals surface area contributed by atoms with E-state index in [0.717, 1.165) is 18.9 Å². The molecular weight excluding hydrogens is 352 g/mol. The van der Waals surface area contributed by atoms with Gasteiger partial charge < -0.3 is 4.57 Å². The largest absolute Gasteiger partial charge is 0.334 e. The summed E-state index contributed by atoms with van der Waals surface area (Å²) in [5.74, 6) is 0.846. The topological polar surface area (TPSA) is 75.5 Å². The molecule has 1 aliphatic rings. The number of benzene rings is 1. The van der Waals surface area contributed by atoms with Gasteiger partial charge in [0.1, 0.15) is 5.82 Å². The standard InChI is InChI=1S/C18H24N4O3S/c1-15(23)17-4-3-5-18(14-17)26(24,25)22-12-9-20(10-13-22)8-11-21-7-6-19-16(21)2/h3-7,14H,8-13H2,1-2H3. The minimum atomic E-state index is -3.57. The minimum absolute atomic E-state index is 0.137. The smallest absolute Gasteiger partial charge is 0.243 e. The number of aryl methyl sites for hydroxylation is 1. The first-order chi connectivity index (χ1) is 12.4. The maximum absolute atomic E-state index is 12.8. The first-order valence-corrected chi connectivity index (χ1v) is 10.1. The molecule has 1 aliphatic heterocycles. The molecule has 1 saturated heterocycles. The van der Waals surface area contributed by atoms with E-state index in [-0.39, 0.29) is 10.7 Å². The van der Waals surface area contributed by atoms with Gasteiger partial charge in [0.15, 0.2) is 5.78 Å². The van der Waals surface area contributed by atoms with Gasteiger partial charge in [-0.15, -0.1) is 0 Å². The summed E-state index contributed by atoms with van der Waals surface area (Å²) >= 11 is 0.